The van der Waals surface area contributed by atoms with Gasteiger partial charge < -0.3 is 16.0 Å². The Bertz CT molecular complexity index is 303. The van der Waals surface area contributed by atoms with Gasteiger partial charge in [-0.05, 0) is 25.7 Å². The maximum Gasteiger partial charge on any atom is 0.221 e. The zero-order valence-corrected chi connectivity index (χ0v) is 11.9. The molecule has 0 bridgehead atoms. The lowest BCUT2D eigenvalue weighted by molar-refractivity contribution is -0.121. The molecule has 3 unspecified atom stereocenters. The number of hydrogen-bond donors (Lipinski definition) is 3. The maximum atomic E-state index is 11.6. The first kappa shape index (κ1) is 14.8. The Labute approximate surface area is 110 Å². The molecule has 1 fully saturated rings. The van der Waals surface area contributed by atoms with Gasteiger partial charge in [-0.25, -0.2) is 0 Å². The summed E-state index contributed by atoms with van der Waals surface area (Å²) in [6, 6.07) is 0.799. The molecule has 0 saturated heterocycles. The van der Waals surface area contributed by atoms with Crippen LogP contribution in [0.5, 0.6) is 0 Å². The van der Waals surface area contributed by atoms with Crippen molar-refractivity contribution in [3.63, 3.8) is 0 Å². The first-order valence-electron chi connectivity index (χ1n) is 6.83. The van der Waals surface area contributed by atoms with Gasteiger partial charge in [-0.15, -0.1) is 0 Å². The Kier molecular flexibility index (Phi) is 5.95. The van der Waals surface area contributed by atoms with Crippen LogP contribution in [0.2, 0.25) is 0 Å². The number of nitrogens with one attached hydrogen (secondary N) is 3. The number of carbonyl (C=O) groups excluding carboxylic acids is 1. The lowest BCUT2D eigenvalue weighted by Crippen LogP contribution is -2.41. The van der Waals surface area contributed by atoms with Crippen molar-refractivity contribution in [3.05, 3.63) is 0 Å². The summed E-state index contributed by atoms with van der Waals surface area (Å²) in [5.41, 5.74) is 0. The van der Waals surface area contributed by atoms with Crippen molar-refractivity contribution in [2.45, 2.75) is 52.1 Å². The van der Waals surface area contributed by atoms with Crippen LogP contribution in [0.1, 0.15) is 40.0 Å². The highest BCUT2D eigenvalue weighted by Gasteiger charge is 2.33. The summed E-state index contributed by atoms with van der Waals surface area (Å²) in [5, 5.41) is 9.43. The molecule has 1 amide bonds. The zero-order chi connectivity index (χ0) is 13.5. The highest BCUT2D eigenvalue weighted by molar-refractivity contribution is 5.81. The van der Waals surface area contributed by atoms with E-state index in [0.717, 1.165) is 18.3 Å². The van der Waals surface area contributed by atoms with Gasteiger partial charge in [-0.1, -0.05) is 13.8 Å². The summed E-state index contributed by atoms with van der Waals surface area (Å²) in [6.45, 7) is 6.90. The van der Waals surface area contributed by atoms with Crippen LogP contribution in [0.15, 0.2) is 4.99 Å². The molecule has 18 heavy (non-hydrogen) atoms. The molecule has 0 aromatic carbocycles. The number of guanidine groups is 1. The summed E-state index contributed by atoms with van der Waals surface area (Å²) in [7, 11) is 1.75. The number of hydrogen-bond acceptors (Lipinski definition) is 2. The van der Waals surface area contributed by atoms with Crippen LogP contribution in [0.25, 0.3) is 0 Å². The van der Waals surface area contributed by atoms with Crippen molar-refractivity contribution in [2.24, 2.45) is 10.9 Å². The van der Waals surface area contributed by atoms with Crippen molar-refractivity contribution in [2.75, 3.05) is 13.6 Å². The molecule has 1 rings (SSSR count). The number of amides is 1. The highest BCUT2D eigenvalue weighted by atomic mass is 16.1. The second kappa shape index (κ2) is 7.24. The van der Waals surface area contributed by atoms with E-state index >= 15 is 0 Å². The largest absolute Gasteiger partial charge is 0.356 e. The Hall–Kier alpha value is -1.26. The van der Waals surface area contributed by atoms with Gasteiger partial charge in [0.25, 0.3) is 0 Å². The van der Waals surface area contributed by atoms with E-state index in [1.807, 2.05) is 6.92 Å². The lowest BCUT2D eigenvalue weighted by atomic mass is 10.2. The molecule has 0 radical (unpaired) electrons. The summed E-state index contributed by atoms with van der Waals surface area (Å²) in [6.07, 6.45) is 2.64. The van der Waals surface area contributed by atoms with Gasteiger partial charge >= 0.3 is 0 Å². The van der Waals surface area contributed by atoms with E-state index < -0.39 is 0 Å². The summed E-state index contributed by atoms with van der Waals surface area (Å²) < 4.78 is 0. The van der Waals surface area contributed by atoms with Crippen molar-refractivity contribution in [1.82, 2.24) is 16.0 Å². The molecule has 0 aromatic heterocycles. The van der Waals surface area contributed by atoms with E-state index in [1.54, 1.807) is 7.05 Å². The van der Waals surface area contributed by atoms with E-state index in [2.05, 4.69) is 34.8 Å². The third-order valence-corrected chi connectivity index (χ3v) is 3.32. The van der Waals surface area contributed by atoms with Gasteiger partial charge in [0.2, 0.25) is 5.91 Å². The second-order valence-corrected chi connectivity index (χ2v) is 5.09. The fraction of sp³-hybridized carbons (Fsp3) is 0.846. The molecule has 1 aliphatic rings. The lowest BCUT2D eigenvalue weighted by Gasteiger charge is -2.13. The van der Waals surface area contributed by atoms with E-state index in [4.69, 9.17) is 0 Å². The van der Waals surface area contributed by atoms with Crippen LogP contribution in [0.4, 0.5) is 0 Å². The Morgan fingerprint density at radius 1 is 1.50 bits per heavy atom. The third-order valence-electron chi connectivity index (χ3n) is 3.32. The van der Waals surface area contributed by atoms with Crippen LogP contribution in [0, 0.1) is 5.92 Å². The molecule has 3 atom stereocenters. The summed E-state index contributed by atoms with van der Waals surface area (Å²) in [5.74, 6) is 1.62. The van der Waals surface area contributed by atoms with Gasteiger partial charge in [0.1, 0.15) is 0 Å². The summed E-state index contributed by atoms with van der Waals surface area (Å²) in [4.78, 5) is 15.7. The molecule has 3 N–H and O–H groups in total. The minimum Gasteiger partial charge on any atom is -0.356 e. The molecule has 104 valence electrons. The van der Waals surface area contributed by atoms with Gasteiger partial charge in [-0.3, -0.25) is 9.79 Å². The van der Waals surface area contributed by atoms with Gasteiger partial charge in [0, 0.05) is 32.1 Å². The van der Waals surface area contributed by atoms with E-state index in [0.29, 0.717) is 19.0 Å². The first-order valence-corrected chi connectivity index (χ1v) is 6.83. The van der Waals surface area contributed by atoms with Crippen molar-refractivity contribution >= 4 is 11.9 Å². The molecule has 0 aliphatic heterocycles. The number of rotatable bonds is 6. The molecule has 5 nitrogen and oxygen atoms in total. The topological polar surface area (TPSA) is 65.5 Å². The van der Waals surface area contributed by atoms with Crippen LogP contribution < -0.4 is 16.0 Å². The minimum atomic E-state index is 0.0899. The van der Waals surface area contributed by atoms with E-state index in [9.17, 15) is 4.79 Å². The average molecular weight is 254 g/mol. The Balaban J connectivity index is 2.13. The zero-order valence-electron chi connectivity index (χ0n) is 11.9. The smallest absolute Gasteiger partial charge is 0.221 e. The van der Waals surface area contributed by atoms with E-state index in [-0.39, 0.29) is 11.9 Å². The molecule has 0 heterocycles. The number of nitrogens with zero attached hydrogens (tertiary/aromatic N) is 1. The Morgan fingerprint density at radius 3 is 2.67 bits per heavy atom. The maximum absolute atomic E-state index is 11.6. The average Bonchev–Trinajstić information content (AvgIpc) is 3.03. The molecule has 0 aromatic rings. The molecular weight excluding hydrogens is 228 g/mol. The third kappa shape index (κ3) is 5.38. The van der Waals surface area contributed by atoms with Crippen molar-refractivity contribution in [1.29, 1.82) is 0 Å². The number of aliphatic imine (C=N–C) groups is 1. The standard InChI is InChI=1S/C13H26N4O/c1-5-10(3)16-12(18)6-7-15-13(14-4)17-11-8-9(11)2/h9-11H,5-8H2,1-4H3,(H,16,18)(H2,14,15,17). The molecule has 0 spiro atoms. The second-order valence-electron chi connectivity index (χ2n) is 5.09. The van der Waals surface area contributed by atoms with Crippen LogP contribution >= 0.6 is 0 Å². The predicted octanol–water partition coefficient (Wildman–Crippen LogP) is 0.865. The fourth-order valence-corrected chi connectivity index (χ4v) is 1.64. The minimum absolute atomic E-state index is 0.0899. The Morgan fingerprint density at radius 2 is 2.17 bits per heavy atom. The quantitative estimate of drug-likeness (QED) is 0.486. The van der Waals surface area contributed by atoms with Crippen LogP contribution in [0.3, 0.4) is 0 Å². The van der Waals surface area contributed by atoms with Gasteiger partial charge in [0.15, 0.2) is 5.96 Å². The van der Waals surface area contributed by atoms with Crippen molar-refractivity contribution in [3.8, 4) is 0 Å². The SMILES string of the molecule is CCC(C)NC(=O)CCNC(=NC)NC1CC1C. The summed E-state index contributed by atoms with van der Waals surface area (Å²) >= 11 is 0. The predicted molar refractivity (Wildman–Crippen MR) is 74.6 cm³/mol. The van der Waals surface area contributed by atoms with Crippen LogP contribution in [-0.4, -0.2) is 37.5 Å². The van der Waals surface area contributed by atoms with Crippen molar-refractivity contribution < 1.29 is 4.79 Å². The number of carbonyl (C=O) groups is 1. The normalized spacial score (nSPS) is 24.3. The highest BCUT2D eigenvalue weighted by Crippen LogP contribution is 2.28. The van der Waals surface area contributed by atoms with E-state index in [1.165, 1.54) is 6.42 Å². The molecular formula is C13H26N4O. The molecule has 5 heteroatoms. The first-order chi connectivity index (χ1) is 8.56. The fourth-order valence-electron chi connectivity index (χ4n) is 1.64. The van der Waals surface area contributed by atoms with Gasteiger partial charge in [0.05, 0.1) is 0 Å². The molecule has 1 aliphatic carbocycles. The van der Waals surface area contributed by atoms with Gasteiger partial charge in [-0.2, -0.15) is 0 Å². The monoisotopic (exact) mass is 254 g/mol. The van der Waals surface area contributed by atoms with Crippen LogP contribution in [-0.2, 0) is 4.79 Å². The molecule has 1 saturated carbocycles.